The summed E-state index contributed by atoms with van der Waals surface area (Å²) in [4.78, 5) is 11.1. The summed E-state index contributed by atoms with van der Waals surface area (Å²) in [6.07, 6.45) is 2.58. The molecular formula is C12H14N2O2. The van der Waals surface area contributed by atoms with E-state index in [1.807, 2.05) is 18.2 Å². The van der Waals surface area contributed by atoms with Gasteiger partial charge in [-0.3, -0.25) is 4.79 Å². The molecule has 16 heavy (non-hydrogen) atoms. The van der Waals surface area contributed by atoms with Crippen LogP contribution in [0.25, 0.3) is 0 Å². The highest BCUT2D eigenvalue weighted by Crippen LogP contribution is 2.28. The molecular weight excluding hydrogens is 204 g/mol. The topological polar surface area (TPSA) is 50.4 Å². The predicted molar refractivity (Wildman–Crippen MR) is 60.4 cm³/mol. The number of amides is 1. The molecule has 2 aliphatic rings. The molecule has 1 saturated carbocycles. The van der Waals surface area contributed by atoms with Crippen LogP contribution in [-0.4, -0.2) is 18.6 Å². The van der Waals surface area contributed by atoms with E-state index < -0.39 is 0 Å². The minimum Gasteiger partial charge on any atom is -0.482 e. The van der Waals surface area contributed by atoms with E-state index in [-0.39, 0.29) is 12.5 Å². The van der Waals surface area contributed by atoms with Crippen LogP contribution in [0.3, 0.4) is 0 Å². The van der Waals surface area contributed by atoms with Crippen LogP contribution in [0.2, 0.25) is 0 Å². The third-order valence-electron chi connectivity index (χ3n) is 2.85. The lowest BCUT2D eigenvalue weighted by Gasteiger charge is -2.18. The largest absolute Gasteiger partial charge is 0.482 e. The van der Waals surface area contributed by atoms with Gasteiger partial charge in [0.25, 0.3) is 5.91 Å². The number of carbonyl (C=O) groups excluding carboxylic acids is 1. The molecule has 0 spiro atoms. The average molecular weight is 218 g/mol. The molecule has 1 aromatic rings. The van der Waals surface area contributed by atoms with E-state index in [0.717, 1.165) is 18.0 Å². The van der Waals surface area contributed by atoms with Gasteiger partial charge in [-0.25, -0.2) is 0 Å². The van der Waals surface area contributed by atoms with Gasteiger partial charge in [-0.2, -0.15) is 0 Å². The summed E-state index contributed by atoms with van der Waals surface area (Å²) < 4.78 is 5.36. The molecule has 4 heteroatoms. The zero-order valence-corrected chi connectivity index (χ0v) is 8.95. The zero-order chi connectivity index (χ0) is 11.0. The highest BCUT2D eigenvalue weighted by atomic mass is 16.5. The van der Waals surface area contributed by atoms with Gasteiger partial charge < -0.3 is 15.4 Å². The number of fused-ring (bicyclic) bond motifs is 1. The average Bonchev–Trinajstić information content (AvgIpc) is 3.10. The van der Waals surface area contributed by atoms with Gasteiger partial charge in [0.1, 0.15) is 5.75 Å². The molecule has 0 saturated heterocycles. The Kier molecular flexibility index (Phi) is 2.29. The Bertz CT molecular complexity index is 427. The number of ether oxygens (including phenoxy) is 1. The molecule has 3 rings (SSSR count). The van der Waals surface area contributed by atoms with Gasteiger partial charge in [0.05, 0.1) is 5.69 Å². The first-order valence-electron chi connectivity index (χ1n) is 5.60. The van der Waals surface area contributed by atoms with Crippen LogP contribution < -0.4 is 15.4 Å². The van der Waals surface area contributed by atoms with Gasteiger partial charge >= 0.3 is 0 Å². The first-order valence-corrected chi connectivity index (χ1v) is 5.60. The van der Waals surface area contributed by atoms with Crippen molar-refractivity contribution in [2.45, 2.75) is 25.4 Å². The Labute approximate surface area is 94.0 Å². The minimum atomic E-state index is -0.0867. The molecule has 0 radical (unpaired) electrons. The summed E-state index contributed by atoms with van der Waals surface area (Å²) in [5.41, 5.74) is 1.97. The maximum absolute atomic E-state index is 11.1. The fourth-order valence-corrected chi connectivity index (χ4v) is 1.78. The van der Waals surface area contributed by atoms with Crippen molar-refractivity contribution in [3.8, 4) is 5.75 Å². The van der Waals surface area contributed by atoms with Crippen LogP contribution in [-0.2, 0) is 11.3 Å². The molecule has 0 atom stereocenters. The molecule has 1 amide bonds. The number of benzene rings is 1. The van der Waals surface area contributed by atoms with Crippen molar-refractivity contribution in [1.82, 2.24) is 5.32 Å². The minimum absolute atomic E-state index is 0.0867. The predicted octanol–water partition coefficient (Wildman–Crippen LogP) is 1.27. The highest BCUT2D eigenvalue weighted by molar-refractivity contribution is 5.95. The molecule has 1 aromatic carbocycles. The van der Waals surface area contributed by atoms with Crippen LogP contribution in [0.5, 0.6) is 5.75 Å². The summed E-state index contributed by atoms with van der Waals surface area (Å²) in [5, 5.41) is 6.23. The second-order valence-corrected chi connectivity index (χ2v) is 4.32. The maximum atomic E-state index is 11.1. The molecule has 0 bridgehead atoms. The molecule has 4 nitrogen and oxygen atoms in total. The Balaban J connectivity index is 1.73. The van der Waals surface area contributed by atoms with Crippen LogP contribution in [0, 0.1) is 0 Å². The molecule has 0 unspecified atom stereocenters. The van der Waals surface area contributed by atoms with Crippen molar-refractivity contribution in [2.24, 2.45) is 0 Å². The Morgan fingerprint density at radius 1 is 1.44 bits per heavy atom. The van der Waals surface area contributed by atoms with Gasteiger partial charge in [0.15, 0.2) is 6.61 Å². The number of anilines is 1. The van der Waals surface area contributed by atoms with E-state index in [9.17, 15) is 4.79 Å². The van der Waals surface area contributed by atoms with E-state index in [1.54, 1.807) is 0 Å². The van der Waals surface area contributed by atoms with E-state index in [2.05, 4.69) is 10.6 Å². The van der Waals surface area contributed by atoms with Crippen LogP contribution >= 0.6 is 0 Å². The van der Waals surface area contributed by atoms with E-state index >= 15 is 0 Å². The SMILES string of the molecule is O=C1COc2cc(CNC3CC3)ccc2N1. The fraction of sp³-hybridized carbons (Fsp3) is 0.417. The molecule has 84 valence electrons. The third kappa shape index (κ3) is 2.02. The standard InChI is InChI=1S/C12H14N2O2/c15-12-7-16-11-5-8(1-4-10(11)14-12)6-13-9-2-3-9/h1,4-5,9,13H,2-3,6-7H2,(H,14,15). The lowest BCUT2D eigenvalue weighted by Crippen LogP contribution is -2.25. The Hall–Kier alpha value is -1.55. The van der Waals surface area contributed by atoms with E-state index in [1.165, 1.54) is 18.4 Å². The number of hydrogen-bond donors (Lipinski definition) is 2. The normalized spacial score (nSPS) is 18.6. The molecule has 1 aliphatic carbocycles. The quantitative estimate of drug-likeness (QED) is 0.803. The highest BCUT2D eigenvalue weighted by Gasteiger charge is 2.20. The summed E-state index contributed by atoms with van der Waals surface area (Å²) in [6.45, 7) is 0.988. The van der Waals surface area contributed by atoms with Crippen molar-refractivity contribution >= 4 is 11.6 Å². The summed E-state index contributed by atoms with van der Waals surface area (Å²) in [6, 6.07) is 6.61. The van der Waals surface area contributed by atoms with Crippen molar-refractivity contribution < 1.29 is 9.53 Å². The number of hydrogen-bond acceptors (Lipinski definition) is 3. The summed E-state index contributed by atoms with van der Waals surface area (Å²) in [7, 11) is 0. The third-order valence-corrected chi connectivity index (χ3v) is 2.85. The van der Waals surface area contributed by atoms with Crippen LogP contribution in [0.15, 0.2) is 18.2 Å². The van der Waals surface area contributed by atoms with Crippen molar-refractivity contribution in [1.29, 1.82) is 0 Å². The number of rotatable bonds is 3. The molecule has 0 aromatic heterocycles. The maximum Gasteiger partial charge on any atom is 0.262 e. The van der Waals surface area contributed by atoms with E-state index in [4.69, 9.17) is 4.74 Å². The monoisotopic (exact) mass is 218 g/mol. The van der Waals surface area contributed by atoms with Crippen LogP contribution in [0.1, 0.15) is 18.4 Å². The fourth-order valence-electron chi connectivity index (χ4n) is 1.78. The van der Waals surface area contributed by atoms with Crippen molar-refractivity contribution in [3.63, 3.8) is 0 Å². The van der Waals surface area contributed by atoms with Gasteiger partial charge in [-0.05, 0) is 30.5 Å². The summed E-state index contributed by atoms with van der Waals surface area (Å²) >= 11 is 0. The van der Waals surface area contributed by atoms with E-state index in [0.29, 0.717) is 6.04 Å². The van der Waals surface area contributed by atoms with Gasteiger partial charge in [0.2, 0.25) is 0 Å². The Morgan fingerprint density at radius 3 is 3.12 bits per heavy atom. The van der Waals surface area contributed by atoms with Gasteiger partial charge in [-0.1, -0.05) is 6.07 Å². The number of carbonyl (C=O) groups is 1. The first-order chi connectivity index (χ1) is 7.81. The molecule has 1 fully saturated rings. The summed E-state index contributed by atoms with van der Waals surface area (Å²) in [5.74, 6) is 0.686. The second-order valence-electron chi connectivity index (χ2n) is 4.32. The first kappa shape index (κ1) is 9.66. The van der Waals surface area contributed by atoms with Crippen LogP contribution in [0.4, 0.5) is 5.69 Å². The molecule has 2 N–H and O–H groups in total. The lowest BCUT2D eigenvalue weighted by atomic mass is 10.1. The zero-order valence-electron chi connectivity index (χ0n) is 8.95. The molecule has 1 aliphatic heterocycles. The van der Waals surface area contributed by atoms with Crippen molar-refractivity contribution in [2.75, 3.05) is 11.9 Å². The number of nitrogens with one attached hydrogen (secondary N) is 2. The lowest BCUT2D eigenvalue weighted by molar-refractivity contribution is -0.118. The van der Waals surface area contributed by atoms with Crippen molar-refractivity contribution in [3.05, 3.63) is 23.8 Å². The molecule has 1 heterocycles. The van der Waals surface area contributed by atoms with Gasteiger partial charge in [0, 0.05) is 12.6 Å². The second kappa shape index (κ2) is 3.79. The Morgan fingerprint density at radius 2 is 2.31 bits per heavy atom. The van der Waals surface area contributed by atoms with Gasteiger partial charge in [-0.15, -0.1) is 0 Å². The smallest absolute Gasteiger partial charge is 0.262 e.